The summed E-state index contributed by atoms with van der Waals surface area (Å²) in [6.07, 6.45) is 0.713. The van der Waals surface area contributed by atoms with Crippen LogP contribution in [0.3, 0.4) is 0 Å². The van der Waals surface area contributed by atoms with E-state index in [0.717, 1.165) is 0 Å². The fourth-order valence-electron chi connectivity index (χ4n) is 1.84. The molecule has 0 aromatic heterocycles. The molecular formula is C14H20ClN3O3. The quantitative estimate of drug-likeness (QED) is 0.752. The smallest absolute Gasteiger partial charge is 0.312 e. The van der Waals surface area contributed by atoms with Gasteiger partial charge in [0.25, 0.3) is 0 Å². The van der Waals surface area contributed by atoms with Gasteiger partial charge >= 0.3 is 6.03 Å². The summed E-state index contributed by atoms with van der Waals surface area (Å²) >= 11 is 5.91. The van der Waals surface area contributed by atoms with Gasteiger partial charge in [0.2, 0.25) is 5.91 Å². The molecule has 4 N–H and O–H groups in total. The number of anilines is 1. The molecule has 21 heavy (non-hydrogen) atoms. The Kier molecular flexibility index (Phi) is 6.30. The van der Waals surface area contributed by atoms with E-state index in [0.29, 0.717) is 22.9 Å². The summed E-state index contributed by atoms with van der Waals surface area (Å²) < 4.78 is 5.16. The number of urea groups is 1. The van der Waals surface area contributed by atoms with E-state index in [2.05, 4.69) is 10.6 Å². The van der Waals surface area contributed by atoms with Crippen LogP contribution in [-0.2, 0) is 4.79 Å². The third kappa shape index (κ3) is 4.82. The van der Waals surface area contributed by atoms with Crippen molar-refractivity contribution < 1.29 is 14.3 Å². The maximum atomic E-state index is 12.3. The number of primary amides is 1. The van der Waals surface area contributed by atoms with Crippen molar-refractivity contribution in [1.29, 1.82) is 0 Å². The molecule has 0 aliphatic carbocycles. The molecule has 2 atom stereocenters. The summed E-state index contributed by atoms with van der Waals surface area (Å²) in [7, 11) is 1.49. The molecule has 0 bridgehead atoms. The van der Waals surface area contributed by atoms with Gasteiger partial charge in [-0.25, -0.2) is 4.79 Å². The molecule has 0 aliphatic heterocycles. The summed E-state index contributed by atoms with van der Waals surface area (Å²) in [6.45, 7) is 3.78. The molecule has 0 radical (unpaired) electrons. The SMILES string of the molecule is CC[C@H](C)[C@H](NC(N)=O)C(=O)Nc1cc(Cl)ccc1OC. The van der Waals surface area contributed by atoms with Gasteiger partial charge in [-0.3, -0.25) is 4.79 Å². The van der Waals surface area contributed by atoms with Crippen LogP contribution in [0.1, 0.15) is 20.3 Å². The second-order valence-corrected chi connectivity index (χ2v) is 5.14. The first-order valence-electron chi connectivity index (χ1n) is 6.59. The van der Waals surface area contributed by atoms with Gasteiger partial charge in [-0.15, -0.1) is 0 Å². The molecule has 0 spiro atoms. The minimum atomic E-state index is -0.742. The number of methoxy groups -OCH3 is 1. The lowest BCUT2D eigenvalue weighted by molar-refractivity contribution is -0.119. The number of hydrogen-bond acceptors (Lipinski definition) is 3. The van der Waals surface area contributed by atoms with Gasteiger partial charge in [-0.1, -0.05) is 31.9 Å². The first-order valence-corrected chi connectivity index (χ1v) is 6.97. The summed E-state index contributed by atoms with van der Waals surface area (Å²) in [6, 6.07) is 3.42. The van der Waals surface area contributed by atoms with Crippen molar-refractivity contribution in [3.8, 4) is 5.75 Å². The molecule has 1 aromatic rings. The Labute approximate surface area is 129 Å². The molecule has 0 saturated carbocycles. The van der Waals surface area contributed by atoms with E-state index in [9.17, 15) is 9.59 Å². The highest BCUT2D eigenvalue weighted by atomic mass is 35.5. The van der Waals surface area contributed by atoms with E-state index in [1.54, 1.807) is 18.2 Å². The molecule has 116 valence electrons. The van der Waals surface area contributed by atoms with Crippen molar-refractivity contribution in [1.82, 2.24) is 5.32 Å². The molecule has 0 heterocycles. The molecule has 0 fully saturated rings. The zero-order valence-corrected chi connectivity index (χ0v) is 13.0. The van der Waals surface area contributed by atoms with Gasteiger partial charge in [-0.05, 0) is 24.1 Å². The van der Waals surface area contributed by atoms with Gasteiger partial charge in [0.15, 0.2) is 0 Å². The van der Waals surface area contributed by atoms with Crippen molar-refractivity contribution in [3.63, 3.8) is 0 Å². The molecule has 0 saturated heterocycles. The predicted molar refractivity (Wildman–Crippen MR) is 82.6 cm³/mol. The number of ether oxygens (including phenoxy) is 1. The van der Waals surface area contributed by atoms with Crippen LogP contribution >= 0.6 is 11.6 Å². The number of nitrogens with one attached hydrogen (secondary N) is 2. The Morgan fingerprint density at radius 1 is 1.43 bits per heavy atom. The van der Waals surface area contributed by atoms with Crippen molar-refractivity contribution in [2.45, 2.75) is 26.3 Å². The minimum absolute atomic E-state index is 0.0670. The van der Waals surface area contributed by atoms with Gasteiger partial charge < -0.3 is 21.1 Å². The molecule has 6 nitrogen and oxygen atoms in total. The van der Waals surface area contributed by atoms with E-state index in [1.807, 2.05) is 13.8 Å². The Bertz CT molecular complexity index is 522. The molecule has 0 unspecified atom stereocenters. The topological polar surface area (TPSA) is 93.5 Å². The third-order valence-corrected chi connectivity index (χ3v) is 3.45. The Balaban J connectivity index is 2.95. The van der Waals surface area contributed by atoms with Crippen LogP contribution in [0.4, 0.5) is 10.5 Å². The van der Waals surface area contributed by atoms with Crippen LogP contribution in [0.25, 0.3) is 0 Å². The maximum absolute atomic E-state index is 12.3. The second-order valence-electron chi connectivity index (χ2n) is 4.71. The number of benzene rings is 1. The van der Waals surface area contributed by atoms with Crippen molar-refractivity contribution in [2.75, 3.05) is 12.4 Å². The largest absolute Gasteiger partial charge is 0.495 e. The number of rotatable bonds is 6. The summed E-state index contributed by atoms with van der Waals surface area (Å²) in [5.41, 5.74) is 5.56. The molecule has 1 aromatic carbocycles. The van der Waals surface area contributed by atoms with Crippen molar-refractivity contribution in [3.05, 3.63) is 23.2 Å². The minimum Gasteiger partial charge on any atom is -0.495 e. The Hall–Kier alpha value is -1.95. The van der Waals surface area contributed by atoms with Crippen molar-refractivity contribution >= 4 is 29.2 Å². The van der Waals surface area contributed by atoms with Gasteiger partial charge in [0.1, 0.15) is 11.8 Å². The van der Waals surface area contributed by atoms with E-state index in [1.165, 1.54) is 7.11 Å². The normalized spacial score (nSPS) is 13.1. The highest BCUT2D eigenvalue weighted by Gasteiger charge is 2.25. The first-order chi connectivity index (χ1) is 9.88. The van der Waals surface area contributed by atoms with E-state index in [4.69, 9.17) is 22.1 Å². The van der Waals surface area contributed by atoms with Crippen LogP contribution < -0.4 is 21.1 Å². The lowest BCUT2D eigenvalue weighted by Gasteiger charge is -2.23. The van der Waals surface area contributed by atoms with Gasteiger partial charge in [-0.2, -0.15) is 0 Å². The zero-order valence-electron chi connectivity index (χ0n) is 12.3. The molecule has 1 rings (SSSR count). The van der Waals surface area contributed by atoms with E-state index < -0.39 is 12.1 Å². The number of hydrogen-bond donors (Lipinski definition) is 3. The first kappa shape index (κ1) is 17.1. The molecule has 3 amide bonds. The standard InChI is InChI=1S/C14H20ClN3O3/c1-4-8(2)12(18-14(16)20)13(19)17-10-7-9(15)5-6-11(10)21-3/h5-8,12H,4H2,1-3H3,(H,17,19)(H3,16,18,20)/t8-,12-/m0/s1. The summed E-state index contributed by atoms with van der Waals surface area (Å²) in [4.78, 5) is 23.4. The number of carbonyl (C=O) groups is 2. The monoisotopic (exact) mass is 313 g/mol. The highest BCUT2D eigenvalue weighted by molar-refractivity contribution is 6.31. The zero-order chi connectivity index (χ0) is 16.0. The van der Waals surface area contributed by atoms with Crippen LogP contribution in [-0.4, -0.2) is 25.1 Å². The fourth-order valence-corrected chi connectivity index (χ4v) is 2.02. The average molecular weight is 314 g/mol. The Morgan fingerprint density at radius 3 is 2.62 bits per heavy atom. The highest BCUT2D eigenvalue weighted by Crippen LogP contribution is 2.28. The van der Waals surface area contributed by atoms with Crippen LogP contribution in [0.2, 0.25) is 5.02 Å². The number of carbonyl (C=O) groups excluding carboxylic acids is 2. The third-order valence-electron chi connectivity index (χ3n) is 3.21. The lowest BCUT2D eigenvalue weighted by atomic mass is 9.98. The molecule has 7 heteroatoms. The lowest BCUT2D eigenvalue weighted by Crippen LogP contribution is -2.49. The maximum Gasteiger partial charge on any atom is 0.312 e. The predicted octanol–water partition coefficient (Wildman–Crippen LogP) is 2.37. The molecular weight excluding hydrogens is 294 g/mol. The fraction of sp³-hybridized carbons (Fsp3) is 0.429. The Morgan fingerprint density at radius 2 is 2.10 bits per heavy atom. The summed E-state index contributed by atoms with van der Waals surface area (Å²) in [5.74, 6) is 0.0427. The number of halogens is 1. The van der Waals surface area contributed by atoms with Gasteiger partial charge in [0.05, 0.1) is 12.8 Å². The van der Waals surface area contributed by atoms with Gasteiger partial charge in [0, 0.05) is 5.02 Å². The van der Waals surface area contributed by atoms with E-state index >= 15 is 0 Å². The number of nitrogens with two attached hydrogens (primary N) is 1. The van der Waals surface area contributed by atoms with Crippen LogP contribution in [0.15, 0.2) is 18.2 Å². The second kappa shape index (κ2) is 7.73. The van der Waals surface area contributed by atoms with Crippen LogP contribution in [0, 0.1) is 5.92 Å². The van der Waals surface area contributed by atoms with E-state index in [-0.39, 0.29) is 11.8 Å². The number of amides is 3. The van der Waals surface area contributed by atoms with Crippen molar-refractivity contribution in [2.24, 2.45) is 11.7 Å². The molecule has 0 aliphatic rings. The summed E-state index contributed by atoms with van der Waals surface area (Å²) in [5, 5.41) is 5.63. The van der Waals surface area contributed by atoms with Crippen LogP contribution in [0.5, 0.6) is 5.75 Å². The average Bonchev–Trinajstić information content (AvgIpc) is 2.44.